The summed E-state index contributed by atoms with van der Waals surface area (Å²) in [5.74, 6) is 5.81. The highest BCUT2D eigenvalue weighted by Gasteiger charge is 2.47. The molecular formula is C29H33N7O8. The lowest BCUT2D eigenvalue weighted by Crippen LogP contribution is -2.42. The van der Waals surface area contributed by atoms with E-state index in [0.717, 1.165) is 12.8 Å². The summed E-state index contributed by atoms with van der Waals surface area (Å²) in [5.41, 5.74) is 6.97. The van der Waals surface area contributed by atoms with Gasteiger partial charge in [0.15, 0.2) is 23.8 Å². The number of esters is 1. The van der Waals surface area contributed by atoms with E-state index < -0.39 is 42.5 Å². The fourth-order valence-electron chi connectivity index (χ4n) is 5.10. The Kier molecular flexibility index (Phi) is 9.23. The number of piperidine rings is 1. The molecule has 2 aliphatic rings. The van der Waals surface area contributed by atoms with Crippen LogP contribution in [-0.4, -0.2) is 97.7 Å². The second-order valence-electron chi connectivity index (χ2n) is 10.4. The highest BCUT2D eigenvalue weighted by molar-refractivity contribution is 5.89. The maximum atomic E-state index is 12.6. The molecule has 3 aromatic rings. The summed E-state index contributed by atoms with van der Waals surface area (Å²) in [6.45, 7) is 3.09. The molecule has 4 atom stereocenters. The lowest BCUT2D eigenvalue weighted by atomic mass is 9.94. The van der Waals surface area contributed by atoms with Crippen LogP contribution in [0.25, 0.3) is 11.2 Å². The maximum Gasteiger partial charge on any atom is 0.415 e. The Labute approximate surface area is 252 Å². The first-order valence-electron chi connectivity index (χ1n) is 14.1. The number of carbonyl (C=O) groups is 3. The predicted molar refractivity (Wildman–Crippen MR) is 154 cm³/mol. The molecule has 2 unspecified atom stereocenters. The number of aliphatic hydroxyl groups excluding tert-OH is 2. The number of likely N-dealkylation sites (N-methyl/N-ethyl adjacent to an activating group) is 1. The van der Waals surface area contributed by atoms with Crippen molar-refractivity contribution in [1.82, 2.24) is 29.7 Å². The van der Waals surface area contributed by atoms with Crippen molar-refractivity contribution in [3.63, 3.8) is 0 Å². The van der Waals surface area contributed by atoms with Crippen LogP contribution in [0.2, 0.25) is 0 Å². The molecule has 4 heterocycles. The number of aliphatic hydroxyl groups is 2. The van der Waals surface area contributed by atoms with E-state index in [0.29, 0.717) is 37.4 Å². The zero-order valence-corrected chi connectivity index (χ0v) is 24.2. The Balaban J connectivity index is 1.18. The van der Waals surface area contributed by atoms with Gasteiger partial charge in [0.05, 0.1) is 19.0 Å². The SMILES string of the molecule is CCNC(=O)[C@H]1O[C@@H](n2cnc3c(N)nc(C#CCC4CCN(C(=O)Oc5ccc(C(=O)OC)cc5)CC4)nc32)C(O)C1O. The van der Waals surface area contributed by atoms with Crippen molar-refractivity contribution in [1.29, 1.82) is 0 Å². The molecule has 0 saturated carbocycles. The molecule has 5 N–H and O–H groups in total. The monoisotopic (exact) mass is 607 g/mol. The van der Waals surface area contributed by atoms with Crippen molar-refractivity contribution in [3.8, 4) is 17.6 Å². The van der Waals surface area contributed by atoms with E-state index in [4.69, 9.17) is 15.2 Å². The number of fused-ring (bicyclic) bond motifs is 1. The fraction of sp³-hybridized carbons (Fsp3) is 0.448. The van der Waals surface area contributed by atoms with E-state index in [-0.39, 0.29) is 28.7 Å². The normalized spacial score (nSPS) is 21.9. The topological polar surface area (TPSA) is 204 Å². The summed E-state index contributed by atoms with van der Waals surface area (Å²) in [5, 5.41) is 23.6. The van der Waals surface area contributed by atoms with Crippen LogP contribution in [0.1, 0.15) is 48.6 Å². The van der Waals surface area contributed by atoms with Gasteiger partial charge in [-0.3, -0.25) is 9.36 Å². The number of ether oxygens (including phenoxy) is 3. The minimum atomic E-state index is -1.45. The predicted octanol–water partition coefficient (Wildman–Crippen LogP) is 0.603. The number of nitrogens with zero attached hydrogens (tertiary/aromatic N) is 5. The van der Waals surface area contributed by atoms with Gasteiger partial charge in [0.2, 0.25) is 5.82 Å². The lowest BCUT2D eigenvalue weighted by molar-refractivity contribution is -0.137. The zero-order chi connectivity index (χ0) is 31.4. The maximum absolute atomic E-state index is 12.6. The molecule has 0 bridgehead atoms. The quantitative estimate of drug-likeness (QED) is 0.225. The summed E-state index contributed by atoms with van der Waals surface area (Å²) in [6.07, 6.45) is -2.37. The van der Waals surface area contributed by atoms with Gasteiger partial charge in [-0.05, 0) is 55.9 Å². The molecule has 2 aromatic heterocycles. The van der Waals surface area contributed by atoms with Gasteiger partial charge in [-0.15, -0.1) is 0 Å². The third kappa shape index (κ3) is 6.42. The minimum absolute atomic E-state index is 0.0816. The standard InChI is InChI=1S/C29H33N7O8/c1-3-31-26(39)23-21(37)22(38)27(44-23)36-15-32-20-24(30)33-19(34-25(20)36)6-4-5-16-11-13-35(14-12-16)29(41)43-18-9-7-17(8-10-18)28(40)42-2/h7-10,15-16,21-23,27,37-38H,3,5,11-14H2,1-2H3,(H,31,39)(H2,30,33,34)/t21?,22?,23-,27+/m0/s1. The van der Waals surface area contributed by atoms with Gasteiger partial charge in [0, 0.05) is 26.1 Å². The first-order chi connectivity index (χ1) is 21.2. The van der Waals surface area contributed by atoms with E-state index in [1.165, 1.54) is 30.1 Å². The summed E-state index contributed by atoms with van der Waals surface area (Å²) in [7, 11) is 1.30. The number of nitrogens with one attached hydrogen (secondary N) is 1. The van der Waals surface area contributed by atoms with Gasteiger partial charge in [0.25, 0.3) is 5.91 Å². The van der Waals surface area contributed by atoms with Crippen molar-refractivity contribution in [2.45, 2.75) is 50.7 Å². The van der Waals surface area contributed by atoms with Crippen LogP contribution < -0.4 is 15.8 Å². The van der Waals surface area contributed by atoms with E-state index in [2.05, 4.69) is 36.8 Å². The lowest BCUT2D eigenvalue weighted by Gasteiger charge is -2.30. The Morgan fingerprint density at radius 3 is 2.55 bits per heavy atom. The minimum Gasteiger partial charge on any atom is -0.465 e. The second kappa shape index (κ2) is 13.2. The zero-order valence-electron chi connectivity index (χ0n) is 24.2. The molecule has 15 nitrogen and oxygen atoms in total. The Morgan fingerprint density at radius 1 is 1.14 bits per heavy atom. The average molecular weight is 608 g/mol. The molecule has 2 saturated heterocycles. The van der Waals surface area contributed by atoms with Gasteiger partial charge in [-0.1, -0.05) is 5.92 Å². The molecular weight excluding hydrogens is 574 g/mol. The molecule has 0 spiro atoms. The third-order valence-corrected chi connectivity index (χ3v) is 7.51. The highest BCUT2D eigenvalue weighted by Crippen LogP contribution is 2.32. The number of aromatic nitrogens is 4. The molecule has 2 aliphatic heterocycles. The molecule has 232 valence electrons. The van der Waals surface area contributed by atoms with Crippen LogP contribution >= 0.6 is 0 Å². The van der Waals surface area contributed by atoms with Crippen molar-refractivity contribution >= 4 is 35.0 Å². The summed E-state index contributed by atoms with van der Waals surface area (Å²) in [6, 6.07) is 6.14. The van der Waals surface area contributed by atoms with Crippen LogP contribution in [0, 0.1) is 17.8 Å². The van der Waals surface area contributed by atoms with Crippen molar-refractivity contribution in [2.24, 2.45) is 5.92 Å². The third-order valence-electron chi connectivity index (χ3n) is 7.51. The Bertz CT molecular complexity index is 1590. The van der Waals surface area contributed by atoms with E-state index in [1.807, 2.05) is 0 Å². The average Bonchev–Trinajstić information content (AvgIpc) is 3.58. The van der Waals surface area contributed by atoms with Crippen molar-refractivity contribution < 1.29 is 38.8 Å². The number of carbonyl (C=O) groups excluding carboxylic acids is 3. The first-order valence-corrected chi connectivity index (χ1v) is 14.1. The van der Waals surface area contributed by atoms with Gasteiger partial charge >= 0.3 is 12.1 Å². The number of rotatable bonds is 6. The Hall–Kier alpha value is -4.78. The number of likely N-dealkylation sites (tertiary alicyclic amines) is 1. The number of benzene rings is 1. The van der Waals surface area contributed by atoms with Crippen LogP contribution in [0.3, 0.4) is 0 Å². The number of hydrogen-bond donors (Lipinski definition) is 4. The van der Waals surface area contributed by atoms with Crippen molar-refractivity contribution in [3.05, 3.63) is 42.0 Å². The molecule has 2 amide bonds. The van der Waals surface area contributed by atoms with E-state index >= 15 is 0 Å². The van der Waals surface area contributed by atoms with Gasteiger partial charge in [-0.2, -0.15) is 0 Å². The summed E-state index contributed by atoms with van der Waals surface area (Å²) >= 11 is 0. The van der Waals surface area contributed by atoms with Gasteiger partial charge in [-0.25, -0.2) is 24.5 Å². The molecule has 2 fully saturated rings. The molecule has 44 heavy (non-hydrogen) atoms. The van der Waals surface area contributed by atoms with Gasteiger partial charge in [0.1, 0.15) is 23.5 Å². The van der Waals surface area contributed by atoms with Crippen LogP contribution in [0.4, 0.5) is 10.6 Å². The molecule has 0 radical (unpaired) electrons. The number of nitrogen functional groups attached to an aromatic ring is 1. The molecule has 15 heteroatoms. The summed E-state index contributed by atoms with van der Waals surface area (Å²) in [4.78, 5) is 51.0. The number of methoxy groups -OCH3 is 1. The number of nitrogens with two attached hydrogens (primary N) is 1. The number of anilines is 1. The van der Waals surface area contributed by atoms with Crippen LogP contribution in [-0.2, 0) is 14.3 Å². The largest absolute Gasteiger partial charge is 0.465 e. The number of imidazole rings is 1. The molecule has 0 aliphatic carbocycles. The van der Waals surface area contributed by atoms with Crippen molar-refractivity contribution in [2.75, 3.05) is 32.5 Å². The molecule has 1 aromatic carbocycles. The number of amides is 2. The van der Waals surface area contributed by atoms with Gasteiger partial charge < -0.3 is 40.4 Å². The summed E-state index contributed by atoms with van der Waals surface area (Å²) < 4.78 is 17.2. The fourth-order valence-corrected chi connectivity index (χ4v) is 5.10. The highest BCUT2D eigenvalue weighted by atomic mass is 16.6. The smallest absolute Gasteiger partial charge is 0.415 e. The molecule has 5 rings (SSSR count). The first kappa shape index (κ1) is 30.7. The van der Waals surface area contributed by atoms with E-state index in [9.17, 15) is 24.6 Å². The number of hydrogen-bond acceptors (Lipinski definition) is 12. The Morgan fingerprint density at radius 2 is 1.86 bits per heavy atom. The van der Waals surface area contributed by atoms with E-state index in [1.54, 1.807) is 24.0 Å². The van der Waals surface area contributed by atoms with Crippen LogP contribution in [0.15, 0.2) is 30.6 Å². The van der Waals surface area contributed by atoms with Crippen LogP contribution in [0.5, 0.6) is 5.75 Å². The second-order valence-corrected chi connectivity index (χ2v) is 10.4.